The van der Waals surface area contributed by atoms with Crippen LogP contribution < -0.4 is 5.32 Å². The number of amides is 2. The highest BCUT2D eigenvalue weighted by molar-refractivity contribution is 5.94. The van der Waals surface area contributed by atoms with Gasteiger partial charge in [-0.3, -0.25) is 19.6 Å². The number of aromatic nitrogens is 2. The first-order valence-electron chi connectivity index (χ1n) is 11.1. The van der Waals surface area contributed by atoms with Gasteiger partial charge in [-0.2, -0.15) is 0 Å². The second-order valence-corrected chi connectivity index (χ2v) is 8.32. The fraction of sp³-hybridized carbons (Fsp3) is 0.308. The van der Waals surface area contributed by atoms with E-state index < -0.39 is 5.41 Å². The van der Waals surface area contributed by atoms with E-state index in [2.05, 4.69) is 33.5 Å². The van der Waals surface area contributed by atoms with E-state index in [1.165, 1.54) is 0 Å². The fourth-order valence-corrected chi connectivity index (χ4v) is 4.53. The summed E-state index contributed by atoms with van der Waals surface area (Å²) in [7, 11) is 0. The molecule has 1 fully saturated rings. The lowest BCUT2D eigenvalue weighted by atomic mass is 9.73. The quantitative estimate of drug-likeness (QED) is 0.649. The molecule has 0 aliphatic carbocycles. The molecule has 0 spiro atoms. The molecule has 0 saturated carbocycles. The van der Waals surface area contributed by atoms with Crippen LogP contribution in [0.2, 0.25) is 0 Å². The van der Waals surface area contributed by atoms with Crippen LogP contribution in [0.3, 0.4) is 0 Å². The van der Waals surface area contributed by atoms with Gasteiger partial charge in [-0.25, -0.2) is 0 Å². The first-order chi connectivity index (χ1) is 15.6. The van der Waals surface area contributed by atoms with Crippen molar-refractivity contribution in [2.24, 2.45) is 5.41 Å². The van der Waals surface area contributed by atoms with Crippen LogP contribution in [0.1, 0.15) is 35.7 Å². The number of benzene rings is 1. The Bertz CT molecular complexity index is 1070. The summed E-state index contributed by atoms with van der Waals surface area (Å²) in [5.74, 6) is -0.0602. The van der Waals surface area contributed by atoms with Crippen molar-refractivity contribution in [3.05, 3.63) is 84.4 Å². The minimum atomic E-state index is -0.664. The number of carbonyl (C=O) groups is 2. The van der Waals surface area contributed by atoms with Crippen LogP contribution in [0.4, 0.5) is 0 Å². The Morgan fingerprint density at radius 2 is 1.88 bits per heavy atom. The van der Waals surface area contributed by atoms with Gasteiger partial charge in [0.25, 0.3) is 5.91 Å². The summed E-state index contributed by atoms with van der Waals surface area (Å²) in [5, 5.41) is 3.02. The Hall–Kier alpha value is -3.54. The first-order valence-corrected chi connectivity index (χ1v) is 11.1. The molecule has 4 rings (SSSR count). The van der Waals surface area contributed by atoms with Crippen LogP contribution >= 0.6 is 0 Å². The maximum atomic E-state index is 13.3. The Labute approximate surface area is 188 Å². The van der Waals surface area contributed by atoms with Gasteiger partial charge in [0.1, 0.15) is 0 Å². The molecule has 1 aliphatic heterocycles. The summed E-state index contributed by atoms with van der Waals surface area (Å²) >= 11 is 0. The van der Waals surface area contributed by atoms with Crippen molar-refractivity contribution in [3.63, 3.8) is 0 Å². The van der Waals surface area contributed by atoms with Gasteiger partial charge in [-0.15, -0.1) is 0 Å². The highest BCUT2D eigenvalue weighted by atomic mass is 16.2. The number of piperidine rings is 1. The predicted molar refractivity (Wildman–Crippen MR) is 124 cm³/mol. The molecule has 2 amide bonds. The molecule has 6 nitrogen and oxygen atoms in total. The second-order valence-electron chi connectivity index (χ2n) is 8.32. The van der Waals surface area contributed by atoms with E-state index in [1.807, 2.05) is 30.0 Å². The molecule has 3 aromatic rings. The van der Waals surface area contributed by atoms with Crippen LogP contribution in [-0.4, -0.2) is 46.3 Å². The number of carbonyl (C=O) groups excluding carboxylic acids is 2. The molecule has 1 N–H and O–H groups in total. The average molecular weight is 429 g/mol. The Balaban J connectivity index is 1.62. The highest BCUT2D eigenvalue weighted by Crippen LogP contribution is 2.35. The summed E-state index contributed by atoms with van der Waals surface area (Å²) in [5.41, 5.74) is 3.16. The van der Waals surface area contributed by atoms with E-state index in [0.29, 0.717) is 31.6 Å². The van der Waals surface area contributed by atoms with Gasteiger partial charge in [-0.05, 0) is 67.1 Å². The third-order valence-electron chi connectivity index (χ3n) is 6.07. The van der Waals surface area contributed by atoms with Crippen molar-refractivity contribution in [3.8, 4) is 11.1 Å². The fourth-order valence-electron chi connectivity index (χ4n) is 4.53. The number of rotatable bonds is 6. The molecule has 0 unspecified atom stereocenters. The topological polar surface area (TPSA) is 75.2 Å². The van der Waals surface area contributed by atoms with Crippen LogP contribution in [0, 0.1) is 5.41 Å². The van der Waals surface area contributed by atoms with Crippen LogP contribution in [0.25, 0.3) is 11.1 Å². The van der Waals surface area contributed by atoms with Crippen molar-refractivity contribution in [1.29, 1.82) is 0 Å². The van der Waals surface area contributed by atoms with Gasteiger partial charge in [0.05, 0.1) is 11.0 Å². The van der Waals surface area contributed by atoms with Gasteiger partial charge in [-0.1, -0.05) is 24.3 Å². The number of pyridine rings is 2. The van der Waals surface area contributed by atoms with Gasteiger partial charge < -0.3 is 10.2 Å². The Morgan fingerprint density at radius 3 is 2.62 bits per heavy atom. The summed E-state index contributed by atoms with van der Waals surface area (Å²) in [6.07, 6.45) is 8.91. The molecular formula is C26H28N4O2. The number of hydrogen-bond donors (Lipinski definition) is 1. The van der Waals surface area contributed by atoms with Crippen LogP contribution in [-0.2, 0) is 11.2 Å². The van der Waals surface area contributed by atoms with Crippen molar-refractivity contribution >= 4 is 11.8 Å². The largest absolute Gasteiger partial charge is 0.356 e. The molecule has 164 valence electrons. The molecule has 0 bridgehead atoms. The van der Waals surface area contributed by atoms with Crippen molar-refractivity contribution in [2.75, 3.05) is 19.6 Å². The molecule has 0 radical (unpaired) electrons. The molecule has 1 aliphatic rings. The maximum absolute atomic E-state index is 13.3. The first kappa shape index (κ1) is 21.7. The minimum absolute atomic E-state index is 0.0120. The molecule has 3 heterocycles. The zero-order chi connectivity index (χ0) is 22.4. The predicted octanol–water partition coefficient (Wildman–Crippen LogP) is 3.74. The van der Waals surface area contributed by atoms with E-state index in [-0.39, 0.29) is 11.8 Å². The zero-order valence-electron chi connectivity index (χ0n) is 18.3. The van der Waals surface area contributed by atoms with Gasteiger partial charge in [0.15, 0.2) is 0 Å². The van der Waals surface area contributed by atoms with E-state index in [0.717, 1.165) is 29.5 Å². The lowest BCUT2D eigenvalue weighted by molar-refractivity contribution is -0.133. The maximum Gasteiger partial charge on any atom is 0.255 e. The second kappa shape index (κ2) is 9.73. The lowest BCUT2D eigenvalue weighted by Crippen LogP contribution is -2.54. The van der Waals surface area contributed by atoms with Gasteiger partial charge >= 0.3 is 0 Å². The number of nitrogens with one attached hydrogen (secondary N) is 1. The summed E-state index contributed by atoms with van der Waals surface area (Å²) in [4.78, 5) is 36.4. The third kappa shape index (κ3) is 4.69. The molecule has 6 heteroatoms. The van der Waals surface area contributed by atoms with Crippen LogP contribution in [0.5, 0.6) is 0 Å². The van der Waals surface area contributed by atoms with E-state index in [9.17, 15) is 9.59 Å². The third-order valence-corrected chi connectivity index (χ3v) is 6.07. The lowest BCUT2D eigenvalue weighted by Gasteiger charge is -2.42. The standard InChI is InChI=1S/C26H28N4O2/c1-2-29-25(32)26(11-5-15-30(19-26)24(31)23-8-4-12-28-18-23)17-20-6-3-7-22(16-20)21-9-13-27-14-10-21/h3-4,6-10,12-14,16,18H,2,5,11,15,17,19H2,1H3,(H,29,32)/t26-/m0/s1. The van der Waals surface area contributed by atoms with E-state index in [1.54, 1.807) is 36.9 Å². The monoisotopic (exact) mass is 428 g/mol. The Kier molecular flexibility index (Phi) is 6.59. The normalized spacial score (nSPS) is 18.2. The van der Waals surface area contributed by atoms with Gasteiger partial charge in [0, 0.05) is 44.4 Å². The molecular weight excluding hydrogens is 400 g/mol. The number of likely N-dealkylation sites (tertiary alicyclic amines) is 1. The van der Waals surface area contributed by atoms with E-state index in [4.69, 9.17) is 0 Å². The smallest absolute Gasteiger partial charge is 0.255 e. The zero-order valence-corrected chi connectivity index (χ0v) is 18.3. The van der Waals surface area contributed by atoms with Crippen molar-refractivity contribution in [2.45, 2.75) is 26.2 Å². The molecule has 1 aromatic carbocycles. The summed E-state index contributed by atoms with van der Waals surface area (Å²) in [6.45, 7) is 3.53. The highest BCUT2D eigenvalue weighted by Gasteiger charge is 2.43. The SMILES string of the molecule is CCNC(=O)[C@]1(Cc2cccc(-c3ccncc3)c2)CCCN(C(=O)c2cccnc2)C1. The summed E-state index contributed by atoms with van der Waals surface area (Å²) < 4.78 is 0. The molecule has 32 heavy (non-hydrogen) atoms. The van der Waals surface area contributed by atoms with Gasteiger partial charge in [0.2, 0.25) is 5.91 Å². The summed E-state index contributed by atoms with van der Waals surface area (Å²) in [6, 6.07) is 15.8. The Morgan fingerprint density at radius 1 is 1.03 bits per heavy atom. The number of nitrogens with zero attached hydrogens (tertiary/aromatic N) is 3. The van der Waals surface area contributed by atoms with Crippen molar-refractivity contribution in [1.82, 2.24) is 20.2 Å². The van der Waals surface area contributed by atoms with E-state index >= 15 is 0 Å². The van der Waals surface area contributed by atoms with Crippen LogP contribution in [0.15, 0.2) is 73.3 Å². The molecule has 2 aromatic heterocycles. The molecule has 1 atom stereocenters. The average Bonchev–Trinajstić information content (AvgIpc) is 2.85. The molecule has 1 saturated heterocycles. The van der Waals surface area contributed by atoms with Crippen molar-refractivity contribution < 1.29 is 9.59 Å². The number of hydrogen-bond acceptors (Lipinski definition) is 4. The minimum Gasteiger partial charge on any atom is -0.356 e.